The van der Waals surface area contributed by atoms with Gasteiger partial charge in [-0.3, -0.25) is 4.90 Å². The maximum absolute atomic E-state index is 12.0. The molecule has 2 aliphatic heterocycles. The molecule has 0 spiro atoms. The fourth-order valence-electron chi connectivity index (χ4n) is 2.87. The smallest absolute Gasteiger partial charge is 0.413 e. The number of aliphatic hydroxyl groups is 1. The van der Waals surface area contributed by atoms with E-state index in [1.807, 2.05) is 0 Å². The van der Waals surface area contributed by atoms with Crippen molar-refractivity contribution in [1.29, 1.82) is 0 Å². The number of ether oxygens (including phenoxy) is 1. The number of likely N-dealkylation sites (N-methyl/N-ethyl adjacent to an activating group) is 1. The molecule has 0 aromatic rings. The Morgan fingerprint density at radius 3 is 2.61 bits per heavy atom. The first-order valence-electron chi connectivity index (χ1n) is 6.76. The summed E-state index contributed by atoms with van der Waals surface area (Å²) in [5.41, 5.74) is -2.11. The summed E-state index contributed by atoms with van der Waals surface area (Å²) in [6, 6.07) is 0.0444. The Morgan fingerprint density at radius 1 is 1.44 bits per heavy atom. The van der Waals surface area contributed by atoms with Crippen LogP contribution in [-0.2, 0) is 4.74 Å². The highest BCUT2D eigenvalue weighted by molar-refractivity contribution is 5.72. The maximum atomic E-state index is 12.0. The van der Waals surface area contributed by atoms with E-state index in [0.29, 0.717) is 0 Å². The number of piperidine rings is 1. The van der Waals surface area contributed by atoms with Gasteiger partial charge in [0.1, 0.15) is 0 Å². The SMILES string of the molecule is CCN1CCC[C@@H](N2C(=O)OC(C)(C)[C@]2(C)O)C1. The lowest BCUT2D eigenvalue weighted by Crippen LogP contribution is -2.60. The Labute approximate surface area is 109 Å². The summed E-state index contributed by atoms with van der Waals surface area (Å²) in [6.45, 7) is 10.2. The van der Waals surface area contributed by atoms with Gasteiger partial charge in [-0.1, -0.05) is 6.92 Å². The molecule has 0 aromatic heterocycles. The van der Waals surface area contributed by atoms with Gasteiger partial charge in [0.2, 0.25) is 0 Å². The minimum atomic E-state index is -1.24. The van der Waals surface area contributed by atoms with Crippen LogP contribution in [0.4, 0.5) is 4.79 Å². The topological polar surface area (TPSA) is 53.0 Å². The monoisotopic (exact) mass is 256 g/mol. The number of amides is 1. The van der Waals surface area contributed by atoms with E-state index < -0.39 is 17.4 Å². The Hall–Kier alpha value is -0.810. The second kappa shape index (κ2) is 4.38. The van der Waals surface area contributed by atoms with Crippen LogP contribution in [0.15, 0.2) is 0 Å². The molecule has 1 amide bonds. The molecular weight excluding hydrogens is 232 g/mol. The molecule has 0 unspecified atom stereocenters. The summed E-state index contributed by atoms with van der Waals surface area (Å²) in [5, 5.41) is 10.6. The molecule has 2 atom stereocenters. The van der Waals surface area contributed by atoms with E-state index in [2.05, 4.69) is 11.8 Å². The third-order valence-electron chi connectivity index (χ3n) is 4.44. The molecule has 0 saturated carbocycles. The van der Waals surface area contributed by atoms with Crippen molar-refractivity contribution in [1.82, 2.24) is 9.80 Å². The zero-order chi connectivity index (χ0) is 13.6. The lowest BCUT2D eigenvalue weighted by atomic mass is 9.93. The van der Waals surface area contributed by atoms with Crippen molar-refractivity contribution >= 4 is 6.09 Å². The summed E-state index contributed by atoms with van der Waals surface area (Å²) in [4.78, 5) is 15.9. The van der Waals surface area contributed by atoms with Gasteiger partial charge in [0.15, 0.2) is 11.3 Å². The molecule has 104 valence electrons. The number of rotatable bonds is 2. The predicted octanol–water partition coefficient (Wildman–Crippen LogP) is 1.41. The van der Waals surface area contributed by atoms with E-state index >= 15 is 0 Å². The molecule has 2 heterocycles. The second-order valence-electron chi connectivity index (χ2n) is 5.96. The van der Waals surface area contributed by atoms with Gasteiger partial charge < -0.3 is 14.7 Å². The second-order valence-corrected chi connectivity index (χ2v) is 5.96. The number of carbonyl (C=O) groups is 1. The van der Waals surface area contributed by atoms with Gasteiger partial charge >= 0.3 is 6.09 Å². The molecule has 2 rings (SSSR count). The van der Waals surface area contributed by atoms with Crippen LogP contribution in [0, 0.1) is 0 Å². The first-order valence-corrected chi connectivity index (χ1v) is 6.76. The molecule has 5 heteroatoms. The van der Waals surface area contributed by atoms with Crippen LogP contribution >= 0.6 is 0 Å². The zero-order valence-corrected chi connectivity index (χ0v) is 11.8. The summed E-state index contributed by atoms with van der Waals surface area (Å²) in [5.74, 6) is 0. The van der Waals surface area contributed by atoms with E-state index in [9.17, 15) is 9.90 Å². The maximum Gasteiger partial charge on any atom is 0.413 e. The summed E-state index contributed by atoms with van der Waals surface area (Å²) >= 11 is 0. The molecule has 0 bridgehead atoms. The molecule has 18 heavy (non-hydrogen) atoms. The van der Waals surface area contributed by atoms with Crippen molar-refractivity contribution in [3.05, 3.63) is 0 Å². The highest BCUT2D eigenvalue weighted by atomic mass is 16.6. The number of hydrogen-bond acceptors (Lipinski definition) is 4. The lowest BCUT2D eigenvalue weighted by molar-refractivity contribution is -0.141. The molecule has 0 radical (unpaired) electrons. The van der Waals surface area contributed by atoms with Gasteiger partial charge in [-0.2, -0.15) is 0 Å². The van der Waals surface area contributed by atoms with Crippen LogP contribution in [0.3, 0.4) is 0 Å². The van der Waals surface area contributed by atoms with Crippen LogP contribution in [-0.4, -0.2) is 58.0 Å². The minimum absolute atomic E-state index is 0.0444. The van der Waals surface area contributed by atoms with Gasteiger partial charge in [0, 0.05) is 6.54 Å². The van der Waals surface area contributed by atoms with Crippen molar-refractivity contribution < 1.29 is 14.6 Å². The number of likely N-dealkylation sites (tertiary alicyclic amines) is 1. The summed E-state index contributed by atoms with van der Waals surface area (Å²) < 4.78 is 5.32. The van der Waals surface area contributed by atoms with Gasteiger partial charge in [0.05, 0.1) is 6.04 Å². The molecule has 0 aliphatic carbocycles. The molecule has 2 saturated heterocycles. The zero-order valence-electron chi connectivity index (χ0n) is 11.8. The van der Waals surface area contributed by atoms with Crippen molar-refractivity contribution in [2.24, 2.45) is 0 Å². The number of hydrogen-bond donors (Lipinski definition) is 1. The largest absolute Gasteiger partial charge is 0.438 e. The molecular formula is C13H24N2O3. The highest BCUT2D eigenvalue weighted by Crippen LogP contribution is 2.39. The Morgan fingerprint density at radius 2 is 2.11 bits per heavy atom. The fourth-order valence-corrected chi connectivity index (χ4v) is 2.87. The van der Waals surface area contributed by atoms with Crippen LogP contribution < -0.4 is 0 Å². The number of carbonyl (C=O) groups excluding carboxylic acids is 1. The predicted molar refractivity (Wildman–Crippen MR) is 68.2 cm³/mol. The highest BCUT2D eigenvalue weighted by Gasteiger charge is 2.58. The first-order chi connectivity index (χ1) is 8.29. The average molecular weight is 256 g/mol. The van der Waals surface area contributed by atoms with Gasteiger partial charge in [-0.15, -0.1) is 0 Å². The van der Waals surface area contributed by atoms with Crippen molar-refractivity contribution in [2.75, 3.05) is 19.6 Å². The lowest BCUT2D eigenvalue weighted by Gasteiger charge is -2.42. The fraction of sp³-hybridized carbons (Fsp3) is 0.923. The van der Waals surface area contributed by atoms with Crippen molar-refractivity contribution in [3.8, 4) is 0 Å². The normalized spacial score (nSPS) is 36.8. The van der Waals surface area contributed by atoms with E-state index in [0.717, 1.165) is 32.5 Å². The van der Waals surface area contributed by atoms with Crippen LogP contribution in [0.25, 0.3) is 0 Å². The Kier molecular flexibility index (Phi) is 3.32. The standard InChI is InChI=1S/C13H24N2O3/c1-5-14-8-6-7-10(9-14)15-11(16)18-12(2,3)13(15,4)17/h10,17H,5-9H2,1-4H3/t10-,13+/m1/s1. The Balaban J connectivity index is 2.19. The van der Waals surface area contributed by atoms with E-state index in [-0.39, 0.29) is 6.04 Å². The van der Waals surface area contributed by atoms with Crippen LogP contribution in [0.1, 0.15) is 40.5 Å². The molecule has 0 aromatic carbocycles. The first kappa shape index (κ1) is 13.6. The van der Waals surface area contributed by atoms with Gasteiger partial charge in [-0.25, -0.2) is 4.79 Å². The minimum Gasteiger partial charge on any atom is -0.438 e. The third kappa shape index (κ3) is 1.99. The van der Waals surface area contributed by atoms with Crippen molar-refractivity contribution in [2.45, 2.75) is 57.9 Å². The Bertz CT molecular complexity index is 341. The molecule has 2 aliphatic rings. The molecule has 1 N–H and O–H groups in total. The third-order valence-corrected chi connectivity index (χ3v) is 4.44. The average Bonchev–Trinajstić information content (AvgIpc) is 2.43. The quantitative estimate of drug-likeness (QED) is 0.811. The van der Waals surface area contributed by atoms with Crippen LogP contribution in [0.5, 0.6) is 0 Å². The van der Waals surface area contributed by atoms with Crippen LogP contribution in [0.2, 0.25) is 0 Å². The number of cyclic esters (lactones) is 1. The van der Waals surface area contributed by atoms with E-state index in [1.54, 1.807) is 20.8 Å². The summed E-state index contributed by atoms with van der Waals surface area (Å²) in [7, 11) is 0. The van der Waals surface area contributed by atoms with E-state index in [1.165, 1.54) is 4.90 Å². The molecule has 5 nitrogen and oxygen atoms in total. The molecule has 2 fully saturated rings. The van der Waals surface area contributed by atoms with Crippen molar-refractivity contribution in [3.63, 3.8) is 0 Å². The summed E-state index contributed by atoms with van der Waals surface area (Å²) in [6.07, 6.45) is 1.59. The van der Waals surface area contributed by atoms with E-state index in [4.69, 9.17) is 4.74 Å². The van der Waals surface area contributed by atoms with Gasteiger partial charge in [0.25, 0.3) is 0 Å². The number of nitrogens with zero attached hydrogens (tertiary/aromatic N) is 2. The van der Waals surface area contributed by atoms with Gasteiger partial charge in [-0.05, 0) is 46.7 Å².